The lowest BCUT2D eigenvalue weighted by Gasteiger charge is -2.42. The summed E-state index contributed by atoms with van der Waals surface area (Å²) in [5.41, 5.74) is 4.28. The van der Waals surface area contributed by atoms with Crippen molar-refractivity contribution in [2.45, 2.75) is 32.0 Å². The molecule has 2 heteroatoms. The Morgan fingerprint density at radius 3 is 2.00 bits per heavy atom. The average Bonchev–Trinajstić information content (AvgIpc) is 2.85. The molecule has 1 aliphatic rings. The van der Waals surface area contributed by atoms with Gasteiger partial charge in [-0.15, -0.1) is 0 Å². The second-order valence-electron chi connectivity index (χ2n) is 9.05. The molecule has 0 N–H and O–H groups in total. The number of hydrogen-bond donors (Lipinski definition) is 0. The minimum Gasteiger partial charge on any atom is -0.296 e. The first kappa shape index (κ1) is 20.9. The Labute approximate surface area is 192 Å². The largest absolute Gasteiger partial charge is 0.296 e. The van der Waals surface area contributed by atoms with E-state index in [-0.39, 0.29) is 0 Å². The number of aryl methyl sites for hydroxylation is 1. The highest BCUT2D eigenvalue weighted by Crippen LogP contribution is 2.22. The number of fused-ring (bicyclic) bond motifs is 1. The molecule has 4 aromatic rings. The fourth-order valence-corrected chi connectivity index (χ4v) is 4.97. The normalized spacial score (nSPS) is 17.6. The topological polar surface area (TPSA) is 6.48 Å². The molecule has 0 unspecified atom stereocenters. The second kappa shape index (κ2) is 10.1. The van der Waals surface area contributed by atoms with Crippen LogP contribution in [0.4, 0.5) is 0 Å². The molecule has 32 heavy (non-hydrogen) atoms. The zero-order valence-electron chi connectivity index (χ0n) is 18.7. The molecule has 0 radical (unpaired) electrons. The molecule has 1 aliphatic heterocycles. The van der Waals surface area contributed by atoms with Crippen molar-refractivity contribution in [1.29, 1.82) is 0 Å². The minimum atomic E-state index is 0.569. The van der Waals surface area contributed by atoms with Crippen LogP contribution in [-0.4, -0.2) is 35.5 Å². The smallest absolute Gasteiger partial charge is 0.0237 e. The van der Waals surface area contributed by atoms with E-state index in [1.165, 1.54) is 33.9 Å². The van der Waals surface area contributed by atoms with Crippen molar-refractivity contribution in [3.8, 4) is 0 Å². The fourth-order valence-electron chi connectivity index (χ4n) is 4.97. The van der Waals surface area contributed by atoms with Crippen LogP contribution in [0, 0.1) is 0 Å². The molecule has 0 aromatic heterocycles. The van der Waals surface area contributed by atoms with Gasteiger partial charge in [-0.3, -0.25) is 9.80 Å². The number of piperazine rings is 1. The van der Waals surface area contributed by atoms with Gasteiger partial charge in [0.25, 0.3) is 0 Å². The summed E-state index contributed by atoms with van der Waals surface area (Å²) >= 11 is 0. The van der Waals surface area contributed by atoms with Gasteiger partial charge in [0, 0.05) is 38.8 Å². The molecule has 0 bridgehead atoms. The van der Waals surface area contributed by atoms with Crippen LogP contribution < -0.4 is 0 Å². The summed E-state index contributed by atoms with van der Waals surface area (Å²) < 4.78 is 0. The van der Waals surface area contributed by atoms with Crippen molar-refractivity contribution in [3.05, 3.63) is 120 Å². The lowest BCUT2D eigenvalue weighted by atomic mass is 9.98. The van der Waals surface area contributed by atoms with Crippen LogP contribution in [0.1, 0.15) is 23.1 Å². The van der Waals surface area contributed by atoms with Crippen LogP contribution in [0.15, 0.2) is 103 Å². The molecule has 4 aromatic carbocycles. The van der Waals surface area contributed by atoms with Gasteiger partial charge in [0.1, 0.15) is 0 Å². The first-order chi connectivity index (χ1) is 15.8. The van der Waals surface area contributed by atoms with Crippen molar-refractivity contribution in [3.63, 3.8) is 0 Å². The maximum atomic E-state index is 2.71. The van der Waals surface area contributed by atoms with Crippen LogP contribution >= 0.6 is 0 Å². The fraction of sp³-hybridized carbons (Fsp3) is 0.267. The van der Waals surface area contributed by atoms with E-state index in [4.69, 9.17) is 0 Å². The summed E-state index contributed by atoms with van der Waals surface area (Å²) in [5, 5.41) is 2.68. The summed E-state index contributed by atoms with van der Waals surface area (Å²) in [6, 6.07) is 38.1. The van der Waals surface area contributed by atoms with Crippen LogP contribution in [0.3, 0.4) is 0 Å². The first-order valence-corrected chi connectivity index (χ1v) is 11.9. The Bertz CT molecular complexity index is 1120. The van der Waals surface area contributed by atoms with E-state index in [1.807, 2.05) is 0 Å². The van der Waals surface area contributed by atoms with Gasteiger partial charge in [-0.05, 0) is 40.3 Å². The molecule has 1 heterocycles. The molecule has 0 aliphatic carbocycles. The van der Waals surface area contributed by atoms with Gasteiger partial charge in [0.05, 0.1) is 0 Å². The quantitative estimate of drug-likeness (QED) is 0.353. The molecule has 0 saturated carbocycles. The highest BCUT2D eigenvalue weighted by molar-refractivity contribution is 5.82. The van der Waals surface area contributed by atoms with Crippen molar-refractivity contribution >= 4 is 10.8 Å². The van der Waals surface area contributed by atoms with Crippen molar-refractivity contribution < 1.29 is 0 Å². The standard InChI is InChI=1S/C30H32N2/c1-3-9-26(10-4-1)22-31-19-20-32(23-27-11-5-2-6-12-27)30(24-31)18-16-25-15-17-28-13-7-8-14-29(28)21-25/h1-15,17,21,30H,16,18-20,22-24H2/t30-/m0/s1. The van der Waals surface area contributed by atoms with Gasteiger partial charge < -0.3 is 0 Å². The van der Waals surface area contributed by atoms with E-state index >= 15 is 0 Å². The molecule has 0 spiro atoms. The Kier molecular flexibility index (Phi) is 6.62. The molecule has 0 amide bonds. The van der Waals surface area contributed by atoms with E-state index in [2.05, 4.69) is 113 Å². The molecule has 162 valence electrons. The molecule has 1 fully saturated rings. The van der Waals surface area contributed by atoms with Gasteiger partial charge in [0.15, 0.2) is 0 Å². The maximum absolute atomic E-state index is 2.71. The second-order valence-corrected chi connectivity index (χ2v) is 9.05. The number of benzene rings is 4. The number of hydrogen-bond acceptors (Lipinski definition) is 2. The van der Waals surface area contributed by atoms with E-state index in [9.17, 15) is 0 Å². The minimum absolute atomic E-state index is 0.569. The predicted octanol–water partition coefficient (Wildman–Crippen LogP) is 6.16. The summed E-state index contributed by atoms with van der Waals surface area (Å²) in [6.07, 6.45) is 2.32. The first-order valence-electron chi connectivity index (χ1n) is 11.9. The van der Waals surface area contributed by atoms with E-state index in [1.54, 1.807) is 0 Å². The van der Waals surface area contributed by atoms with Crippen LogP contribution in [0.2, 0.25) is 0 Å². The Hall–Kier alpha value is -2.94. The summed E-state index contributed by atoms with van der Waals surface area (Å²) in [6.45, 7) is 5.49. The van der Waals surface area contributed by atoms with Gasteiger partial charge in [-0.25, -0.2) is 0 Å². The highest BCUT2D eigenvalue weighted by atomic mass is 15.3. The van der Waals surface area contributed by atoms with E-state index in [0.717, 1.165) is 39.1 Å². The van der Waals surface area contributed by atoms with Gasteiger partial charge in [0.2, 0.25) is 0 Å². The van der Waals surface area contributed by atoms with Crippen molar-refractivity contribution in [1.82, 2.24) is 9.80 Å². The summed E-state index contributed by atoms with van der Waals surface area (Å²) in [5.74, 6) is 0. The Balaban J connectivity index is 1.29. The summed E-state index contributed by atoms with van der Waals surface area (Å²) in [4.78, 5) is 5.35. The van der Waals surface area contributed by atoms with Gasteiger partial charge in [-0.2, -0.15) is 0 Å². The molecular formula is C30H32N2. The molecule has 2 nitrogen and oxygen atoms in total. The third kappa shape index (κ3) is 5.27. The average molecular weight is 421 g/mol. The number of rotatable bonds is 7. The summed E-state index contributed by atoms with van der Waals surface area (Å²) in [7, 11) is 0. The third-order valence-corrected chi connectivity index (χ3v) is 6.75. The lowest BCUT2D eigenvalue weighted by Crippen LogP contribution is -2.52. The zero-order valence-corrected chi connectivity index (χ0v) is 18.7. The number of nitrogens with zero attached hydrogens (tertiary/aromatic N) is 2. The Morgan fingerprint density at radius 1 is 0.594 bits per heavy atom. The lowest BCUT2D eigenvalue weighted by molar-refractivity contribution is 0.0597. The molecule has 5 rings (SSSR count). The van der Waals surface area contributed by atoms with Gasteiger partial charge >= 0.3 is 0 Å². The van der Waals surface area contributed by atoms with Crippen LogP contribution in [0.25, 0.3) is 10.8 Å². The predicted molar refractivity (Wildman–Crippen MR) is 135 cm³/mol. The van der Waals surface area contributed by atoms with E-state index in [0.29, 0.717) is 6.04 Å². The zero-order chi connectivity index (χ0) is 21.6. The SMILES string of the molecule is c1ccc(CN2CCN(Cc3ccccc3)[C@@H](CCc3ccc4ccccc4c3)C2)cc1. The van der Waals surface area contributed by atoms with Crippen molar-refractivity contribution in [2.75, 3.05) is 19.6 Å². The van der Waals surface area contributed by atoms with Crippen LogP contribution in [-0.2, 0) is 19.5 Å². The molecule has 1 saturated heterocycles. The monoisotopic (exact) mass is 420 g/mol. The third-order valence-electron chi connectivity index (χ3n) is 6.75. The Morgan fingerprint density at radius 2 is 1.25 bits per heavy atom. The van der Waals surface area contributed by atoms with E-state index < -0.39 is 0 Å². The van der Waals surface area contributed by atoms with Crippen molar-refractivity contribution in [2.24, 2.45) is 0 Å². The highest BCUT2D eigenvalue weighted by Gasteiger charge is 2.26. The molecule has 1 atom stereocenters. The van der Waals surface area contributed by atoms with Gasteiger partial charge in [-0.1, -0.05) is 103 Å². The maximum Gasteiger partial charge on any atom is 0.0237 e. The van der Waals surface area contributed by atoms with Crippen LogP contribution in [0.5, 0.6) is 0 Å². The molecular weight excluding hydrogens is 388 g/mol.